The summed E-state index contributed by atoms with van der Waals surface area (Å²) < 4.78 is 11.1. The van der Waals surface area contributed by atoms with Crippen molar-refractivity contribution in [3.05, 3.63) is 0 Å². The lowest BCUT2D eigenvalue weighted by Gasteiger charge is -2.17. The van der Waals surface area contributed by atoms with E-state index in [9.17, 15) is 9.59 Å². The zero-order valence-electron chi connectivity index (χ0n) is 12.5. The maximum absolute atomic E-state index is 12.2. The van der Waals surface area contributed by atoms with Crippen molar-refractivity contribution >= 4 is 11.8 Å². The van der Waals surface area contributed by atoms with Crippen LogP contribution >= 0.6 is 0 Å². The first-order valence-electron chi connectivity index (χ1n) is 7.32. The molecule has 0 aromatic rings. The predicted molar refractivity (Wildman–Crippen MR) is 75.6 cm³/mol. The van der Waals surface area contributed by atoms with Crippen LogP contribution in [0.1, 0.15) is 13.8 Å². The number of carbonyl (C=O) groups excluding carboxylic acids is 2. The van der Waals surface area contributed by atoms with Gasteiger partial charge < -0.3 is 30.7 Å². The summed E-state index contributed by atoms with van der Waals surface area (Å²) in [6.45, 7) is 7.30. The van der Waals surface area contributed by atoms with Crippen LogP contribution in [0.3, 0.4) is 0 Å². The Bertz CT molecular complexity index is 354. The second kappa shape index (κ2) is 7.17. The normalized spacial score (nSPS) is 31.7. The van der Waals surface area contributed by atoms with Gasteiger partial charge >= 0.3 is 0 Å². The van der Waals surface area contributed by atoms with E-state index in [1.165, 1.54) is 0 Å². The molecule has 0 radical (unpaired) electrons. The maximum atomic E-state index is 12.2. The van der Waals surface area contributed by atoms with Gasteiger partial charge in [-0.05, 0) is 13.8 Å². The number of ether oxygens (including phenoxy) is 2. The Labute approximate surface area is 124 Å². The van der Waals surface area contributed by atoms with Crippen molar-refractivity contribution in [3.63, 3.8) is 0 Å². The Morgan fingerprint density at radius 3 is 1.62 bits per heavy atom. The van der Waals surface area contributed by atoms with E-state index in [1.807, 2.05) is 0 Å². The van der Waals surface area contributed by atoms with Gasteiger partial charge in [-0.2, -0.15) is 0 Å². The Morgan fingerprint density at radius 1 is 0.810 bits per heavy atom. The second-order valence-electron chi connectivity index (χ2n) is 5.56. The van der Waals surface area contributed by atoms with E-state index in [1.54, 1.807) is 13.8 Å². The number of amides is 2. The highest BCUT2D eigenvalue weighted by molar-refractivity contribution is 5.91. The molecule has 2 atom stereocenters. The molecule has 2 aliphatic heterocycles. The highest BCUT2D eigenvalue weighted by Crippen LogP contribution is 2.28. The first-order valence-corrected chi connectivity index (χ1v) is 7.32. The largest absolute Gasteiger partial charge is 0.352 e. The topological polar surface area (TPSA) is 101 Å². The van der Waals surface area contributed by atoms with E-state index in [4.69, 9.17) is 9.47 Å². The van der Waals surface area contributed by atoms with Gasteiger partial charge in [-0.3, -0.25) is 9.59 Å². The van der Waals surface area contributed by atoms with E-state index in [0.717, 1.165) is 13.1 Å². The summed E-state index contributed by atoms with van der Waals surface area (Å²) in [4.78, 5) is 24.3. The SMILES string of the molecule is CC1(C)O[C@@H]2C(=O)NCCNCCNCCNC(=O)[C@H]2O1. The van der Waals surface area contributed by atoms with Crippen molar-refractivity contribution < 1.29 is 19.1 Å². The average Bonchev–Trinajstić information content (AvgIpc) is 2.76. The third kappa shape index (κ3) is 4.63. The molecule has 0 bridgehead atoms. The van der Waals surface area contributed by atoms with Crippen LogP contribution in [-0.4, -0.2) is 69.1 Å². The van der Waals surface area contributed by atoms with Crippen LogP contribution in [0.5, 0.6) is 0 Å². The summed E-state index contributed by atoms with van der Waals surface area (Å²) in [6, 6.07) is 0. The molecule has 0 aromatic heterocycles. The average molecular weight is 300 g/mol. The predicted octanol–water partition coefficient (Wildman–Crippen LogP) is -2.07. The summed E-state index contributed by atoms with van der Waals surface area (Å²) in [5, 5.41) is 11.9. The molecule has 0 unspecified atom stereocenters. The minimum absolute atomic E-state index is 0.322. The number of carbonyl (C=O) groups is 2. The molecule has 120 valence electrons. The van der Waals surface area contributed by atoms with Gasteiger partial charge in [0.2, 0.25) is 0 Å². The second-order valence-corrected chi connectivity index (χ2v) is 5.56. The highest BCUT2D eigenvalue weighted by Gasteiger charge is 2.48. The van der Waals surface area contributed by atoms with Gasteiger partial charge in [0.1, 0.15) is 0 Å². The molecular formula is C13H24N4O4. The molecule has 0 aliphatic carbocycles. The van der Waals surface area contributed by atoms with Crippen LogP contribution in [0.4, 0.5) is 0 Å². The van der Waals surface area contributed by atoms with Gasteiger partial charge in [0.25, 0.3) is 11.8 Å². The lowest BCUT2D eigenvalue weighted by Crippen LogP contribution is -2.50. The Morgan fingerprint density at radius 2 is 1.19 bits per heavy atom. The van der Waals surface area contributed by atoms with Crippen LogP contribution in [0.15, 0.2) is 0 Å². The number of hydrogen-bond donors (Lipinski definition) is 4. The molecule has 2 heterocycles. The number of rotatable bonds is 0. The quantitative estimate of drug-likeness (QED) is 0.410. The first-order chi connectivity index (χ1) is 9.99. The molecule has 8 nitrogen and oxygen atoms in total. The summed E-state index contributed by atoms with van der Waals surface area (Å²) in [7, 11) is 0. The first kappa shape index (κ1) is 16.2. The third-order valence-electron chi connectivity index (χ3n) is 3.29. The van der Waals surface area contributed by atoms with Crippen molar-refractivity contribution in [3.8, 4) is 0 Å². The summed E-state index contributed by atoms with van der Waals surface area (Å²) in [5.41, 5.74) is 0. The van der Waals surface area contributed by atoms with E-state index >= 15 is 0 Å². The Kier molecular flexibility index (Phi) is 5.51. The molecule has 2 fully saturated rings. The van der Waals surface area contributed by atoms with Gasteiger partial charge in [0, 0.05) is 39.3 Å². The Balaban J connectivity index is 2.03. The van der Waals surface area contributed by atoms with Crippen molar-refractivity contribution in [2.45, 2.75) is 31.8 Å². The standard InChI is InChI=1S/C13H24N4O4/c1-13(2)20-9-10(21-13)12(19)17-8-6-15-4-3-14-5-7-16-11(9)18/h9-10,14-15H,3-8H2,1-2H3,(H,16,18)(H,17,19)/t9-,10-/m0/s1. The van der Waals surface area contributed by atoms with Crippen LogP contribution < -0.4 is 21.3 Å². The van der Waals surface area contributed by atoms with Crippen molar-refractivity contribution in [2.24, 2.45) is 0 Å². The van der Waals surface area contributed by atoms with Crippen LogP contribution in [-0.2, 0) is 19.1 Å². The van der Waals surface area contributed by atoms with E-state index < -0.39 is 18.0 Å². The van der Waals surface area contributed by atoms with E-state index in [-0.39, 0.29) is 11.8 Å². The van der Waals surface area contributed by atoms with Crippen LogP contribution in [0.2, 0.25) is 0 Å². The minimum Gasteiger partial charge on any atom is -0.352 e. The van der Waals surface area contributed by atoms with Crippen molar-refractivity contribution in [1.82, 2.24) is 21.3 Å². The van der Waals surface area contributed by atoms with Crippen molar-refractivity contribution in [2.75, 3.05) is 39.3 Å². The molecule has 0 aromatic carbocycles. The lowest BCUT2D eigenvalue weighted by molar-refractivity contribution is -0.159. The maximum Gasteiger partial charge on any atom is 0.252 e. The minimum atomic E-state index is -0.950. The zero-order valence-corrected chi connectivity index (χ0v) is 12.5. The monoisotopic (exact) mass is 300 g/mol. The number of nitrogens with one attached hydrogen (secondary N) is 4. The van der Waals surface area contributed by atoms with Gasteiger partial charge in [0.05, 0.1) is 0 Å². The molecule has 2 aliphatic rings. The fourth-order valence-corrected chi connectivity index (χ4v) is 2.32. The van der Waals surface area contributed by atoms with Crippen LogP contribution in [0, 0.1) is 0 Å². The zero-order chi connectivity index (χ0) is 15.3. The fourth-order valence-electron chi connectivity index (χ4n) is 2.32. The molecule has 2 saturated heterocycles. The van der Waals surface area contributed by atoms with Gasteiger partial charge in [0.15, 0.2) is 18.0 Å². The summed E-state index contributed by atoms with van der Waals surface area (Å²) >= 11 is 0. The van der Waals surface area contributed by atoms with E-state index in [2.05, 4.69) is 21.3 Å². The summed E-state index contributed by atoms with van der Waals surface area (Å²) in [6.07, 6.45) is -1.84. The molecule has 0 saturated carbocycles. The van der Waals surface area contributed by atoms with Gasteiger partial charge in [-0.1, -0.05) is 0 Å². The smallest absolute Gasteiger partial charge is 0.252 e. The molecule has 0 spiro atoms. The molecule has 4 N–H and O–H groups in total. The van der Waals surface area contributed by atoms with Gasteiger partial charge in [-0.25, -0.2) is 0 Å². The van der Waals surface area contributed by atoms with E-state index in [0.29, 0.717) is 26.2 Å². The highest BCUT2D eigenvalue weighted by atomic mass is 16.8. The number of fused-ring (bicyclic) bond motifs is 1. The molecule has 2 rings (SSSR count). The van der Waals surface area contributed by atoms with Crippen LogP contribution in [0.25, 0.3) is 0 Å². The van der Waals surface area contributed by atoms with Gasteiger partial charge in [-0.15, -0.1) is 0 Å². The third-order valence-corrected chi connectivity index (χ3v) is 3.29. The molecule has 8 heteroatoms. The lowest BCUT2D eigenvalue weighted by atomic mass is 10.1. The fraction of sp³-hybridized carbons (Fsp3) is 0.846. The number of hydrogen-bond acceptors (Lipinski definition) is 6. The summed E-state index contributed by atoms with van der Waals surface area (Å²) in [5.74, 6) is -1.59. The van der Waals surface area contributed by atoms with Crippen molar-refractivity contribution in [1.29, 1.82) is 0 Å². The Hall–Kier alpha value is -1.22. The molecular weight excluding hydrogens is 276 g/mol. The molecule has 2 amide bonds. The molecule has 21 heavy (non-hydrogen) atoms.